The molecule has 0 bridgehead atoms. The average molecular weight is 341 g/mol. The fourth-order valence-electron chi connectivity index (χ4n) is 2.73. The fourth-order valence-corrected chi connectivity index (χ4v) is 2.73. The van der Waals surface area contributed by atoms with E-state index in [9.17, 15) is 4.79 Å². The van der Waals surface area contributed by atoms with E-state index in [1.165, 1.54) is 7.11 Å². The van der Waals surface area contributed by atoms with Crippen molar-refractivity contribution in [3.05, 3.63) is 35.4 Å². The van der Waals surface area contributed by atoms with Crippen LogP contribution < -0.4 is 19.5 Å². The number of benzene rings is 2. The molecule has 8 heteroatoms. The van der Waals surface area contributed by atoms with Crippen molar-refractivity contribution in [3.63, 3.8) is 0 Å². The second-order valence-electron chi connectivity index (χ2n) is 5.54. The van der Waals surface area contributed by atoms with Gasteiger partial charge in [0.2, 0.25) is 0 Å². The van der Waals surface area contributed by atoms with E-state index < -0.39 is 0 Å². The van der Waals surface area contributed by atoms with E-state index in [-0.39, 0.29) is 5.91 Å². The highest BCUT2D eigenvalue weighted by atomic mass is 16.6. The third-order valence-electron chi connectivity index (χ3n) is 3.98. The molecule has 128 valence electrons. The lowest BCUT2D eigenvalue weighted by molar-refractivity contribution is 0.102. The Kier molecular flexibility index (Phi) is 3.64. The van der Waals surface area contributed by atoms with E-state index in [4.69, 9.17) is 18.8 Å². The topological polar surface area (TPSA) is 95.7 Å². The van der Waals surface area contributed by atoms with Gasteiger partial charge >= 0.3 is 0 Å². The van der Waals surface area contributed by atoms with Crippen molar-refractivity contribution in [2.24, 2.45) is 0 Å². The van der Waals surface area contributed by atoms with E-state index in [0.29, 0.717) is 52.7 Å². The number of hydrogen-bond donors (Lipinski definition) is 1. The minimum Gasteiger partial charge on any atom is -0.494 e. The molecule has 0 unspecified atom stereocenters. The fraction of sp³-hybridized carbons (Fsp3) is 0.235. The van der Waals surface area contributed by atoms with Gasteiger partial charge < -0.3 is 19.5 Å². The van der Waals surface area contributed by atoms with E-state index in [2.05, 4.69) is 15.6 Å². The number of nitrogens with zero attached hydrogens (tertiary/aromatic N) is 2. The molecule has 0 spiro atoms. The third kappa shape index (κ3) is 2.61. The number of nitrogens with one attached hydrogen (secondary N) is 1. The third-order valence-corrected chi connectivity index (χ3v) is 3.98. The number of fused-ring (bicyclic) bond motifs is 2. The first-order chi connectivity index (χ1) is 12.2. The molecule has 1 aliphatic heterocycles. The van der Waals surface area contributed by atoms with Gasteiger partial charge in [-0.25, -0.2) is 4.63 Å². The summed E-state index contributed by atoms with van der Waals surface area (Å²) in [5.74, 6) is 1.44. The number of carbonyl (C=O) groups is 1. The molecule has 2 aromatic carbocycles. The Morgan fingerprint density at radius 3 is 2.60 bits per heavy atom. The zero-order valence-corrected chi connectivity index (χ0v) is 13.7. The number of anilines is 1. The molecule has 1 amide bonds. The molecule has 0 saturated carbocycles. The van der Waals surface area contributed by atoms with Crippen LogP contribution in [0.15, 0.2) is 28.9 Å². The first-order valence-electron chi connectivity index (χ1n) is 7.68. The van der Waals surface area contributed by atoms with Gasteiger partial charge in [-0.2, -0.15) is 0 Å². The Hall–Kier alpha value is -3.29. The lowest BCUT2D eigenvalue weighted by atomic mass is 10.1. The summed E-state index contributed by atoms with van der Waals surface area (Å²) in [6.07, 6.45) is 0. The number of ether oxygens (including phenoxy) is 3. The lowest BCUT2D eigenvalue weighted by Gasteiger charge is -2.20. The van der Waals surface area contributed by atoms with Crippen LogP contribution in [0.4, 0.5) is 5.69 Å². The molecule has 4 rings (SSSR count). The van der Waals surface area contributed by atoms with Gasteiger partial charge in [0.1, 0.15) is 13.2 Å². The molecule has 2 heterocycles. The van der Waals surface area contributed by atoms with Gasteiger partial charge in [-0.15, -0.1) is 0 Å². The number of hydrogen-bond acceptors (Lipinski definition) is 7. The summed E-state index contributed by atoms with van der Waals surface area (Å²) >= 11 is 0. The number of methoxy groups -OCH3 is 1. The van der Waals surface area contributed by atoms with Gasteiger partial charge in [0, 0.05) is 5.56 Å². The number of aryl methyl sites for hydroxylation is 1. The summed E-state index contributed by atoms with van der Waals surface area (Å²) in [7, 11) is 1.53. The van der Waals surface area contributed by atoms with Crippen molar-refractivity contribution in [2.75, 3.05) is 25.6 Å². The molecule has 8 nitrogen and oxygen atoms in total. The van der Waals surface area contributed by atoms with Crippen LogP contribution in [0.1, 0.15) is 15.9 Å². The number of aromatic nitrogens is 2. The van der Waals surface area contributed by atoms with Crippen molar-refractivity contribution in [2.45, 2.75) is 6.92 Å². The molecular weight excluding hydrogens is 326 g/mol. The molecule has 0 aliphatic carbocycles. The second kappa shape index (κ2) is 5.97. The summed E-state index contributed by atoms with van der Waals surface area (Å²) in [4.78, 5) is 12.7. The summed E-state index contributed by atoms with van der Waals surface area (Å²) in [6, 6.07) is 6.86. The lowest BCUT2D eigenvalue weighted by Crippen LogP contribution is -2.18. The summed E-state index contributed by atoms with van der Waals surface area (Å²) in [5.41, 5.74) is 2.62. The van der Waals surface area contributed by atoms with Crippen molar-refractivity contribution >= 4 is 22.6 Å². The van der Waals surface area contributed by atoms with Crippen LogP contribution >= 0.6 is 0 Å². The Morgan fingerprint density at radius 1 is 1.12 bits per heavy atom. The zero-order valence-electron chi connectivity index (χ0n) is 13.7. The average Bonchev–Trinajstić information content (AvgIpc) is 3.11. The molecular formula is C17H15N3O5. The van der Waals surface area contributed by atoms with Gasteiger partial charge in [0.15, 0.2) is 28.3 Å². The quantitative estimate of drug-likeness (QED) is 0.782. The van der Waals surface area contributed by atoms with Gasteiger partial charge in [-0.05, 0) is 47.1 Å². The number of carbonyl (C=O) groups excluding carboxylic acids is 1. The van der Waals surface area contributed by atoms with Crippen LogP contribution in [0.2, 0.25) is 0 Å². The van der Waals surface area contributed by atoms with E-state index in [0.717, 1.165) is 5.56 Å². The van der Waals surface area contributed by atoms with Gasteiger partial charge in [0.25, 0.3) is 5.91 Å². The highest BCUT2D eigenvalue weighted by molar-refractivity contribution is 6.09. The minimum atomic E-state index is -0.288. The maximum atomic E-state index is 12.7. The van der Waals surface area contributed by atoms with Crippen LogP contribution in [-0.2, 0) is 0 Å². The number of amides is 1. The van der Waals surface area contributed by atoms with Crippen molar-refractivity contribution < 1.29 is 23.6 Å². The van der Waals surface area contributed by atoms with Crippen LogP contribution in [0, 0.1) is 6.92 Å². The largest absolute Gasteiger partial charge is 0.494 e. The molecule has 3 aromatic rings. The Bertz CT molecular complexity index is 966. The zero-order chi connectivity index (χ0) is 17.4. The molecule has 1 aliphatic rings. The van der Waals surface area contributed by atoms with Crippen LogP contribution in [0.3, 0.4) is 0 Å². The Balaban J connectivity index is 1.68. The first-order valence-corrected chi connectivity index (χ1v) is 7.68. The first kappa shape index (κ1) is 15.3. The van der Waals surface area contributed by atoms with Crippen LogP contribution in [0.5, 0.6) is 17.2 Å². The molecule has 0 atom stereocenters. The number of rotatable bonds is 3. The molecule has 1 aromatic heterocycles. The molecule has 0 saturated heterocycles. The molecule has 0 radical (unpaired) electrons. The van der Waals surface area contributed by atoms with Crippen LogP contribution in [-0.4, -0.2) is 36.5 Å². The van der Waals surface area contributed by atoms with Crippen molar-refractivity contribution in [1.82, 2.24) is 10.3 Å². The monoisotopic (exact) mass is 341 g/mol. The summed E-state index contributed by atoms with van der Waals surface area (Å²) in [5, 5.41) is 10.5. The smallest absolute Gasteiger partial charge is 0.256 e. The highest BCUT2D eigenvalue weighted by Crippen LogP contribution is 2.34. The second-order valence-corrected chi connectivity index (χ2v) is 5.54. The van der Waals surface area contributed by atoms with E-state index in [1.807, 2.05) is 6.92 Å². The van der Waals surface area contributed by atoms with Crippen molar-refractivity contribution in [1.29, 1.82) is 0 Å². The van der Waals surface area contributed by atoms with Gasteiger partial charge in [-0.1, -0.05) is 0 Å². The maximum absolute atomic E-state index is 12.7. The Morgan fingerprint density at radius 2 is 1.84 bits per heavy atom. The molecule has 0 fully saturated rings. The minimum absolute atomic E-state index is 0.288. The van der Waals surface area contributed by atoms with Crippen molar-refractivity contribution in [3.8, 4) is 17.2 Å². The van der Waals surface area contributed by atoms with Gasteiger partial charge in [-0.3, -0.25) is 4.79 Å². The van der Waals surface area contributed by atoms with Gasteiger partial charge in [0.05, 0.1) is 12.8 Å². The maximum Gasteiger partial charge on any atom is 0.256 e. The molecule has 1 N–H and O–H groups in total. The normalized spacial score (nSPS) is 12.9. The summed E-state index contributed by atoms with van der Waals surface area (Å²) < 4.78 is 21.0. The van der Waals surface area contributed by atoms with Crippen LogP contribution in [0.25, 0.3) is 11.0 Å². The molecule has 25 heavy (non-hydrogen) atoms. The van der Waals surface area contributed by atoms with E-state index in [1.54, 1.807) is 24.3 Å². The standard InChI is InChI=1S/C17H15N3O5/c1-9-7-13-14(24-6-5-23-13)8-10(9)17(21)18-11-3-4-12(22-2)16-15(11)19-25-20-16/h3-4,7-8H,5-6H2,1-2H3,(H,18,21). The van der Waals surface area contributed by atoms with E-state index >= 15 is 0 Å². The SMILES string of the molecule is COc1ccc(NC(=O)c2cc3c(cc2C)OCCO3)c2nonc12. The Labute approximate surface area is 142 Å². The predicted molar refractivity (Wildman–Crippen MR) is 88.5 cm³/mol. The highest BCUT2D eigenvalue weighted by Gasteiger charge is 2.20. The summed E-state index contributed by atoms with van der Waals surface area (Å²) in [6.45, 7) is 2.80. The predicted octanol–water partition coefficient (Wildman–Crippen LogP) is 2.56.